The van der Waals surface area contributed by atoms with Crippen molar-refractivity contribution in [2.45, 2.75) is 38.8 Å². The Morgan fingerprint density at radius 2 is 2.05 bits per heavy atom. The molecule has 114 valence electrons. The van der Waals surface area contributed by atoms with Gasteiger partial charge in [0.15, 0.2) is 0 Å². The standard InChI is InChI=1S/C15H29N5/c1-6-13-12(10-19(5)17-13)14(9-16)20-8-7-18(4)15(2,3)11-20/h10,14H,6-9,11,16H2,1-5H3. The van der Waals surface area contributed by atoms with Crippen molar-refractivity contribution >= 4 is 0 Å². The molecule has 1 aliphatic rings. The Labute approximate surface area is 122 Å². The van der Waals surface area contributed by atoms with Gasteiger partial charge in [-0.25, -0.2) is 0 Å². The average Bonchev–Trinajstić information content (AvgIpc) is 2.75. The van der Waals surface area contributed by atoms with Gasteiger partial charge >= 0.3 is 0 Å². The Morgan fingerprint density at radius 1 is 1.35 bits per heavy atom. The minimum absolute atomic E-state index is 0.195. The first kappa shape index (κ1) is 15.5. The smallest absolute Gasteiger partial charge is 0.0670 e. The zero-order chi connectivity index (χ0) is 14.9. The van der Waals surface area contributed by atoms with Crippen molar-refractivity contribution in [3.05, 3.63) is 17.5 Å². The van der Waals surface area contributed by atoms with Crippen LogP contribution < -0.4 is 5.73 Å². The maximum atomic E-state index is 6.10. The molecule has 1 unspecified atom stereocenters. The molecule has 2 heterocycles. The van der Waals surface area contributed by atoms with Crippen molar-refractivity contribution < 1.29 is 0 Å². The number of hydrogen-bond donors (Lipinski definition) is 1. The Balaban J connectivity index is 2.24. The van der Waals surface area contributed by atoms with Crippen LogP contribution in [0.5, 0.6) is 0 Å². The molecule has 0 saturated carbocycles. The van der Waals surface area contributed by atoms with Crippen LogP contribution >= 0.6 is 0 Å². The summed E-state index contributed by atoms with van der Waals surface area (Å²) in [5.41, 5.74) is 8.78. The van der Waals surface area contributed by atoms with Crippen molar-refractivity contribution in [1.82, 2.24) is 19.6 Å². The molecule has 0 aromatic carbocycles. The lowest BCUT2D eigenvalue weighted by molar-refractivity contribution is 0.0178. The number of nitrogens with two attached hydrogens (primary N) is 1. The van der Waals surface area contributed by atoms with E-state index in [0.717, 1.165) is 26.1 Å². The van der Waals surface area contributed by atoms with E-state index in [1.54, 1.807) is 0 Å². The maximum absolute atomic E-state index is 6.10. The third kappa shape index (κ3) is 2.90. The van der Waals surface area contributed by atoms with E-state index in [-0.39, 0.29) is 11.6 Å². The molecule has 0 amide bonds. The highest BCUT2D eigenvalue weighted by molar-refractivity contribution is 5.22. The highest BCUT2D eigenvalue weighted by atomic mass is 15.3. The summed E-state index contributed by atoms with van der Waals surface area (Å²) in [6.07, 6.45) is 3.10. The predicted octanol–water partition coefficient (Wildman–Crippen LogP) is 1.01. The van der Waals surface area contributed by atoms with E-state index in [9.17, 15) is 0 Å². The van der Waals surface area contributed by atoms with Gasteiger partial charge in [0.25, 0.3) is 0 Å². The summed E-state index contributed by atoms with van der Waals surface area (Å²) in [5.74, 6) is 0. The van der Waals surface area contributed by atoms with Gasteiger partial charge in [-0.05, 0) is 27.3 Å². The second-order valence-corrected chi connectivity index (χ2v) is 6.51. The van der Waals surface area contributed by atoms with Crippen LogP contribution in [0.4, 0.5) is 0 Å². The van der Waals surface area contributed by atoms with E-state index < -0.39 is 0 Å². The van der Waals surface area contributed by atoms with Crippen LogP contribution in [0.25, 0.3) is 0 Å². The van der Waals surface area contributed by atoms with Gasteiger partial charge < -0.3 is 5.73 Å². The molecular formula is C15H29N5. The van der Waals surface area contributed by atoms with E-state index in [4.69, 9.17) is 5.73 Å². The number of aromatic nitrogens is 2. The van der Waals surface area contributed by atoms with Crippen LogP contribution in [0, 0.1) is 0 Å². The Hall–Kier alpha value is -0.910. The summed E-state index contributed by atoms with van der Waals surface area (Å²) in [4.78, 5) is 4.96. The molecular weight excluding hydrogens is 250 g/mol. The monoisotopic (exact) mass is 279 g/mol. The van der Waals surface area contributed by atoms with Gasteiger partial charge in [0.05, 0.1) is 11.7 Å². The molecule has 2 rings (SSSR count). The third-order valence-corrected chi connectivity index (χ3v) is 4.64. The van der Waals surface area contributed by atoms with Crippen molar-refractivity contribution in [3.63, 3.8) is 0 Å². The predicted molar refractivity (Wildman–Crippen MR) is 82.7 cm³/mol. The number of aryl methyl sites for hydroxylation is 2. The zero-order valence-corrected chi connectivity index (χ0v) is 13.6. The van der Waals surface area contributed by atoms with Gasteiger partial charge in [-0.1, -0.05) is 6.92 Å². The van der Waals surface area contributed by atoms with Gasteiger partial charge in [-0.2, -0.15) is 5.10 Å². The number of likely N-dealkylation sites (N-methyl/N-ethyl adjacent to an activating group) is 1. The number of hydrogen-bond acceptors (Lipinski definition) is 4. The van der Waals surface area contributed by atoms with Gasteiger partial charge in [-0.15, -0.1) is 0 Å². The van der Waals surface area contributed by atoms with Gasteiger partial charge in [-0.3, -0.25) is 14.5 Å². The van der Waals surface area contributed by atoms with Crippen LogP contribution in [0.3, 0.4) is 0 Å². The quantitative estimate of drug-likeness (QED) is 0.893. The lowest BCUT2D eigenvalue weighted by Crippen LogP contribution is -2.58. The Bertz CT molecular complexity index is 451. The Morgan fingerprint density at radius 3 is 2.60 bits per heavy atom. The molecule has 1 aromatic heterocycles. The number of rotatable bonds is 4. The summed E-state index contributed by atoms with van der Waals surface area (Å²) in [5, 5.41) is 4.57. The summed E-state index contributed by atoms with van der Waals surface area (Å²) in [6, 6.07) is 0.284. The van der Waals surface area contributed by atoms with Crippen LogP contribution in [0.1, 0.15) is 38.1 Å². The van der Waals surface area contributed by atoms with E-state index in [2.05, 4.69) is 48.9 Å². The highest BCUT2D eigenvalue weighted by Gasteiger charge is 2.35. The normalized spacial score (nSPS) is 22.1. The molecule has 1 aromatic rings. The molecule has 5 nitrogen and oxygen atoms in total. The summed E-state index contributed by atoms with van der Waals surface area (Å²) >= 11 is 0. The lowest BCUT2D eigenvalue weighted by Gasteiger charge is -2.47. The first-order valence-electron chi connectivity index (χ1n) is 7.56. The van der Waals surface area contributed by atoms with Crippen molar-refractivity contribution in [3.8, 4) is 0 Å². The largest absolute Gasteiger partial charge is 0.329 e. The van der Waals surface area contributed by atoms with Crippen LogP contribution in [-0.2, 0) is 13.5 Å². The molecule has 1 atom stereocenters. The molecule has 1 saturated heterocycles. The zero-order valence-electron chi connectivity index (χ0n) is 13.6. The van der Waals surface area contributed by atoms with Gasteiger partial charge in [0.2, 0.25) is 0 Å². The third-order valence-electron chi connectivity index (χ3n) is 4.64. The highest BCUT2D eigenvalue weighted by Crippen LogP contribution is 2.28. The Kier molecular flexibility index (Phi) is 4.52. The van der Waals surface area contributed by atoms with Gasteiger partial charge in [0.1, 0.15) is 0 Å². The fourth-order valence-corrected chi connectivity index (χ4v) is 3.12. The van der Waals surface area contributed by atoms with E-state index in [1.807, 2.05) is 11.7 Å². The minimum Gasteiger partial charge on any atom is -0.329 e. The fourth-order valence-electron chi connectivity index (χ4n) is 3.12. The van der Waals surface area contributed by atoms with Crippen LogP contribution in [0.2, 0.25) is 0 Å². The number of nitrogens with zero attached hydrogens (tertiary/aromatic N) is 4. The van der Waals surface area contributed by atoms with E-state index in [0.29, 0.717) is 6.54 Å². The maximum Gasteiger partial charge on any atom is 0.0670 e. The lowest BCUT2D eigenvalue weighted by atomic mass is 9.96. The minimum atomic E-state index is 0.195. The van der Waals surface area contributed by atoms with Crippen LogP contribution in [-0.4, -0.2) is 58.3 Å². The van der Waals surface area contributed by atoms with Crippen molar-refractivity contribution in [2.75, 3.05) is 33.2 Å². The SMILES string of the molecule is CCc1nn(C)cc1C(CN)N1CCN(C)C(C)(C)C1. The molecule has 1 fully saturated rings. The summed E-state index contributed by atoms with van der Waals surface area (Å²) < 4.78 is 1.91. The second-order valence-electron chi connectivity index (χ2n) is 6.51. The molecule has 1 aliphatic heterocycles. The molecule has 20 heavy (non-hydrogen) atoms. The molecule has 2 N–H and O–H groups in total. The first-order chi connectivity index (χ1) is 9.39. The summed E-state index contributed by atoms with van der Waals surface area (Å²) in [7, 11) is 4.19. The van der Waals surface area contributed by atoms with Crippen molar-refractivity contribution in [2.24, 2.45) is 12.8 Å². The molecule has 0 aliphatic carbocycles. The van der Waals surface area contributed by atoms with Crippen molar-refractivity contribution in [1.29, 1.82) is 0 Å². The molecule has 0 spiro atoms. The summed E-state index contributed by atoms with van der Waals surface area (Å²) in [6.45, 7) is 10.6. The topological polar surface area (TPSA) is 50.3 Å². The molecule has 5 heteroatoms. The van der Waals surface area contributed by atoms with Gasteiger partial charge in [0, 0.05) is 50.5 Å². The molecule has 0 bridgehead atoms. The number of piperazine rings is 1. The fraction of sp³-hybridized carbons (Fsp3) is 0.800. The second kappa shape index (κ2) is 5.84. The van der Waals surface area contributed by atoms with E-state index >= 15 is 0 Å². The molecule has 0 radical (unpaired) electrons. The average molecular weight is 279 g/mol. The first-order valence-corrected chi connectivity index (χ1v) is 7.56. The van der Waals surface area contributed by atoms with E-state index in [1.165, 1.54) is 11.3 Å². The van der Waals surface area contributed by atoms with Crippen LogP contribution in [0.15, 0.2) is 6.20 Å².